The van der Waals surface area contributed by atoms with E-state index in [1.165, 1.54) is 18.1 Å². The van der Waals surface area contributed by atoms with Crippen LogP contribution in [0.1, 0.15) is 13.3 Å². The zero-order chi connectivity index (χ0) is 11.3. The van der Waals surface area contributed by atoms with Crippen LogP contribution in [0.3, 0.4) is 0 Å². The molecule has 3 atom stereocenters. The summed E-state index contributed by atoms with van der Waals surface area (Å²) in [6.07, 6.45) is 1.06. The molecule has 2 N–H and O–H groups in total. The molecule has 1 fully saturated rings. The molecule has 0 aromatic carbocycles. The van der Waals surface area contributed by atoms with Gasteiger partial charge in [-0.1, -0.05) is 6.92 Å². The van der Waals surface area contributed by atoms with Gasteiger partial charge in [-0.15, -0.1) is 0 Å². The normalized spacial score (nSPS) is 27.6. The molecule has 0 saturated carbocycles. The van der Waals surface area contributed by atoms with Gasteiger partial charge in [0.1, 0.15) is 0 Å². The van der Waals surface area contributed by atoms with Gasteiger partial charge in [-0.05, 0) is 19.4 Å². The third-order valence-electron chi connectivity index (χ3n) is 3.32. The number of thioether (sulfide) groups is 1. The first-order valence-corrected chi connectivity index (χ1v) is 6.84. The summed E-state index contributed by atoms with van der Waals surface area (Å²) in [4.78, 5) is 2.41. The van der Waals surface area contributed by atoms with Gasteiger partial charge in [0.2, 0.25) is 0 Å². The minimum Gasteiger partial charge on any atom is -0.385 e. The molecular formula is C11H24N2OS. The predicted molar refractivity (Wildman–Crippen MR) is 67.4 cm³/mol. The fourth-order valence-corrected chi connectivity index (χ4v) is 3.29. The molecule has 1 heterocycles. The van der Waals surface area contributed by atoms with Gasteiger partial charge in [0.25, 0.3) is 0 Å². The van der Waals surface area contributed by atoms with Crippen molar-refractivity contribution in [2.24, 2.45) is 11.7 Å². The van der Waals surface area contributed by atoms with Crippen molar-refractivity contribution >= 4 is 11.8 Å². The number of hydrogen-bond acceptors (Lipinski definition) is 4. The Labute approximate surface area is 97.7 Å². The van der Waals surface area contributed by atoms with Gasteiger partial charge in [0, 0.05) is 43.9 Å². The van der Waals surface area contributed by atoms with Crippen LogP contribution in [0.2, 0.25) is 0 Å². The van der Waals surface area contributed by atoms with Crippen LogP contribution in [0.4, 0.5) is 0 Å². The van der Waals surface area contributed by atoms with Gasteiger partial charge in [0.05, 0.1) is 0 Å². The van der Waals surface area contributed by atoms with Crippen molar-refractivity contribution < 1.29 is 4.74 Å². The SMILES string of the molecule is COCCC(C)C(N)C1CSCCN1C. The van der Waals surface area contributed by atoms with Gasteiger partial charge in [0.15, 0.2) is 0 Å². The van der Waals surface area contributed by atoms with Crippen molar-refractivity contribution in [3.05, 3.63) is 0 Å². The highest BCUT2D eigenvalue weighted by molar-refractivity contribution is 7.99. The molecule has 3 unspecified atom stereocenters. The molecule has 0 bridgehead atoms. The third-order valence-corrected chi connectivity index (χ3v) is 4.37. The third kappa shape index (κ3) is 3.94. The molecule has 1 saturated heterocycles. The summed E-state index contributed by atoms with van der Waals surface area (Å²) in [5.41, 5.74) is 6.31. The van der Waals surface area contributed by atoms with Gasteiger partial charge >= 0.3 is 0 Å². The molecule has 15 heavy (non-hydrogen) atoms. The maximum atomic E-state index is 6.31. The van der Waals surface area contributed by atoms with E-state index in [1.54, 1.807) is 7.11 Å². The standard InChI is InChI=1S/C11H24N2OS/c1-9(4-6-14-3)11(12)10-8-15-7-5-13(10)2/h9-11H,4-8,12H2,1-3H3. The molecule has 0 aromatic heterocycles. The smallest absolute Gasteiger partial charge is 0.0465 e. The van der Waals surface area contributed by atoms with Gasteiger partial charge in [-0.25, -0.2) is 0 Å². The lowest BCUT2D eigenvalue weighted by Gasteiger charge is -2.38. The minimum absolute atomic E-state index is 0.276. The van der Waals surface area contributed by atoms with E-state index >= 15 is 0 Å². The summed E-state index contributed by atoms with van der Waals surface area (Å²) in [5.74, 6) is 2.96. The molecule has 3 nitrogen and oxygen atoms in total. The van der Waals surface area contributed by atoms with E-state index in [1.807, 2.05) is 11.8 Å². The van der Waals surface area contributed by atoms with E-state index in [0.29, 0.717) is 12.0 Å². The van der Waals surface area contributed by atoms with Crippen LogP contribution >= 0.6 is 11.8 Å². The molecule has 90 valence electrons. The molecule has 0 radical (unpaired) electrons. The van der Waals surface area contributed by atoms with E-state index in [-0.39, 0.29) is 6.04 Å². The Morgan fingerprint density at radius 3 is 2.93 bits per heavy atom. The fourth-order valence-electron chi connectivity index (χ4n) is 1.99. The minimum atomic E-state index is 0.276. The number of methoxy groups -OCH3 is 1. The second-order valence-corrected chi connectivity index (χ2v) is 5.61. The quantitative estimate of drug-likeness (QED) is 0.768. The van der Waals surface area contributed by atoms with E-state index in [4.69, 9.17) is 10.5 Å². The number of hydrogen-bond donors (Lipinski definition) is 1. The lowest BCUT2D eigenvalue weighted by Crippen LogP contribution is -2.53. The first kappa shape index (κ1) is 13.3. The Kier molecular flexibility index (Phi) is 5.97. The lowest BCUT2D eigenvalue weighted by atomic mass is 9.93. The molecule has 0 amide bonds. The monoisotopic (exact) mass is 232 g/mol. The molecule has 0 aliphatic carbocycles. The second kappa shape index (κ2) is 6.74. The summed E-state index contributed by atoms with van der Waals surface area (Å²) in [6, 6.07) is 0.813. The summed E-state index contributed by atoms with van der Waals surface area (Å²) < 4.78 is 5.10. The summed E-state index contributed by atoms with van der Waals surface area (Å²) >= 11 is 2.02. The first-order chi connectivity index (χ1) is 7.16. The van der Waals surface area contributed by atoms with Crippen molar-refractivity contribution in [3.63, 3.8) is 0 Å². The van der Waals surface area contributed by atoms with Crippen LogP contribution < -0.4 is 5.73 Å². The number of likely N-dealkylation sites (N-methyl/N-ethyl adjacent to an activating group) is 1. The van der Waals surface area contributed by atoms with Crippen LogP contribution in [-0.2, 0) is 4.74 Å². The first-order valence-electron chi connectivity index (χ1n) is 5.69. The average Bonchev–Trinajstić information content (AvgIpc) is 2.25. The van der Waals surface area contributed by atoms with Crippen LogP contribution in [0.5, 0.6) is 0 Å². The van der Waals surface area contributed by atoms with E-state index in [2.05, 4.69) is 18.9 Å². The Morgan fingerprint density at radius 1 is 1.60 bits per heavy atom. The Balaban J connectivity index is 2.39. The van der Waals surface area contributed by atoms with Gasteiger partial charge in [-0.2, -0.15) is 11.8 Å². The van der Waals surface area contributed by atoms with Gasteiger partial charge in [-0.3, -0.25) is 0 Å². The molecule has 1 aliphatic rings. The van der Waals surface area contributed by atoms with Crippen LogP contribution in [0.25, 0.3) is 0 Å². The molecule has 0 aromatic rings. The molecule has 4 heteroatoms. The number of nitrogens with two attached hydrogens (primary N) is 1. The molecule has 0 spiro atoms. The summed E-state index contributed by atoms with van der Waals surface area (Å²) in [7, 11) is 3.94. The van der Waals surface area contributed by atoms with E-state index in [0.717, 1.165) is 13.0 Å². The van der Waals surface area contributed by atoms with Crippen LogP contribution in [0, 0.1) is 5.92 Å². The van der Waals surface area contributed by atoms with Crippen LogP contribution in [0.15, 0.2) is 0 Å². The fraction of sp³-hybridized carbons (Fsp3) is 1.00. The Morgan fingerprint density at radius 2 is 2.33 bits per heavy atom. The number of rotatable bonds is 5. The number of ether oxygens (including phenoxy) is 1. The van der Waals surface area contributed by atoms with Crippen molar-refractivity contribution in [1.82, 2.24) is 4.90 Å². The Hall–Kier alpha value is 0.230. The molecule has 1 rings (SSSR count). The summed E-state index contributed by atoms with van der Waals surface area (Å²) in [5, 5.41) is 0. The molecule has 1 aliphatic heterocycles. The highest BCUT2D eigenvalue weighted by atomic mass is 32.2. The highest BCUT2D eigenvalue weighted by Gasteiger charge is 2.28. The average molecular weight is 232 g/mol. The van der Waals surface area contributed by atoms with E-state index in [9.17, 15) is 0 Å². The van der Waals surface area contributed by atoms with Crippen molar-refractivity contribution in [2.45, 2.75) is 25.4 Å². The summed E-state index contributed by atoms with van der Waals surface area (Å²) in [6.45, 7) is 4.22. The number of nitrogens with zero attached hydrogens (tertiary/aromatic N) is 1. The maximum Gasteiger partial charge on any atom is 0.0465 e. The van der Waals surface area contributed by atoms with Crippen LogP contribution in [-0.4, -0.2) is 55.8 Å². The topological polar surface area (TPSA) is 38.5 Å². The van der Waals surface area contributed by atoms with Crippen molar-refractivity contribution in [2.75, 3.05) is 38.8 Å². The second-order valence-electron chi connectivity index (χ2n) is 4.46. The lowest BCUT2D eigenvalue weighted by molar-refractivity contribution is 0.152. The zero-order valence-corrected chi connectivity index (χ0v) is 10.9. The molecular weight excluding hydrogens is 208 g/mol. The zero-order valence-electron chi connectivity index (χ0n) is 10.1. The maximum absolute atomic E-state index is 6.31. The van der Waals surface area contributed by atoms with Gasteiger partial charge < -0.3 is 15.4 Å². The van der Waals surface area contributed by atoms with E-state index < -0.39 is 0 Å². The van der Waals surface area contributed by atoms with Crippen molar-refractivity contribution in [3.8, 4) is 0 Å². The highest BCUT2D eigenvalue weighted by Crippen LogP contribution is 2.21. The van der Waals surface area contributed by atoms with Crippen molar-refractivity contribution in [1.29, 1.82) is 0 Å². The Bertz CT molecular complexity index is 180. The largest absolute Gasteiger partial charge is 0.385 e. The predicted octanol–water partition coefficient (Wildman–Crippen LogP) is 1.03.